The first-order valence-electron chi connectivity index (χ1n) is 10.7. The third kappa shape index (κ3) is 3.66. The average Bonchev–Trinajstić information content (AvgIpc) is 3.31. The summed E-state index contributed by atoms with van der Waals surface area (Å²) in [6, 6.07) is 8.55. The van der Waals surface area contributed by atoms with E-state index in [0.29, 0.717) is 13.0 Å². The molecule has 8 nitrogen and oxygen atoms in total. The van der Waals surface area contributed by atoms with Gasteiger partial charge in [-0.05, 0) is 25.8 Å². The molecule has 3 unspecified atom stereocenters. The van der Waals surface area contributed by atoms with Gasteiger partial charge in [-0.2, -0.15) is 0 Å². The lowest BCUT2D eigenvalue weighted by Crippen LogP contribution is -2.57. The lowest BCUT2D eigenvalue weighted by atomic mass is 9.70. The molecule has 0 aliphatic carbocycles. The molecule has 3 amide bonds. The predicted octanol–water partition coefficient (Wildman–Crippen LogP) is 0.568. The zero-order valence-electron chi connectivity index (χ0n) is 17.6. The fourth-order valence-electron chi connectivity index (χ4n) is 5.34. The second-order valence-corrected chi connectivity index (χ2v) is 9.96. The molecular weight excluding hydrogens is 466 g/mol. The minimum absolute atomic E-state index is 0.0204. The number of fused-ring (bicyclic) bond motifs is 1. The SMILES string of the molecule is CC(C)NC(=O)C1N(CCO)C(=O)[C@@H]2[C@@H](C(=O)NCc3ccccc3)[C@@H]3OC12CC3Br. The molecule has 2 bridgehead atoms. The Kier molecular flexibility index (Phi) is 6.11. The van der Waals surface area contributed by atoms with Crippen LogP contribution in [0.4, 0.5) is 0 Å². The van der Waals surface area contributed by atoms with Crippen molar-refractivity contribution >= 4 is 33.7 Å². The van der Waals surface area contributed by atoms with Gasteiger partial charge in [-0.25, -0.2) is 0 Å². The molecule has 3 saturated heterocycles. The lowest BCUT2D eigenvalue weighted by molar-refractivity contribution is -0.142. The quantitative estimate of drug-likeness (QED) is 0.481. The molecule has 1 aromatic carbocycles. The molecule has 1 aromatic rings. The second-order valence-electron chi connectivity index (χ2n) is 8.79. The van der Waals surface area contributed by atoms with Gasteiger partial charge in [0.1, 0.15) is 11.6 Å². The maximum absolute atomic E-state index is 13.4. The predicted molar refractivity (Wildman–Crippen MR) is 116 cm³/mol. The number of amides is 3. The third-order valence-electron chi connectivity index (χ3n) is 6.42. The van der Waals surface area contributed by atoms with Crippen LogP contribution in [-0.4, -0.2) is 69.5 Å². The molecule has 0 aromatic heterocycles. The Bertz CT molecular complexity index is 866. The summed E-state index contributed by atoms with van der Waals surface area (Å²) < 4.78 is 6.33. The summed E-state index contributed by atoms with van der Waals surface area (Å²) in [5.74, 6) is -2.33. The highest BCUT2D eigenvalue weighted by Crippen LogP contribution is 2.59. The molecule has 3 aliphatic rings. The van der Waals surface area contributed by atoms with Crippen LogP contribution in [0.2, 0.25) is 0 Å². The third-order valence-corrected chi connectivity index (χ3v) is 7.27. The van der Waals surface area contributed by atoms with Crippen molar-refractivity contribution in [3.63, 3.8) is 0 Å². The van der Waals surface area contributed by atoms with E-state index in [1.165, 1.54) is 4.90 Å². The van der Waals surface area contributed by atoms with Gasteiger partial charge in [0.15, 0.2) is 0 Å². The zero-order chi connectivity index (χ0) is 22.3. The number of rotatable bonds is 7. The molecule has 3 N–H and O–H groups in total. The molecular formula is C22H28BrN3O5. The highest BCUT2D eigenvalue weighted by Gasteiger charge is 2.76. The number of carbonyl (C=O) groups is 3. The second kappa shape index (κ2) is 8.52. The van der Waals surface area contributed by atoms with E-state index >= 15 is 0 Å². The first kappa shape index (κ1) is 22.2. The van der Waals surface area contributed by atoms with Crippen LogP contribution in [-0.2, 0) is 25.7 Å². The zero-order valence-corrected chi connectivity index (χ0v) is 19.2. The van der Waals surface area contributed by atoms with Gasteiger partial charge in [0, 0.05) is 24.0 Å². The van der Waals surface area contributed by atoms with E-state index in [-0.39, 0.29) is 41.7 Å². The smallest absolute Gasteiger partial charge is 0.246 e. The van der Waals surface area contributed by atoms with E-state index in [2.05, 4.69) is 26.6 Å². The van der Waals surface area contributed by atoms with Gasteiger partial charge in [0.2, 0.25) is 17.7 Å². The van der Waals surface area contributed by atoms with Crippen molar-refractivity contribution in [1.82, 2.24) is 15.5 Å². The maximum atomic E-state index is 13.4. The maximum Gasteiger partial charge on any atom is 0.246 e. The molecule has 1 spiro atoms. The van der Waals surface area contributed by atoms with Crippen LogP contribution in [0.15, 0.2) is 30.3 Å². The van der Waals surface area contributed by atoms with Crippen molar-refractivity contribution in [3.05, 3.63) is 35.9 Å². The Hall–Kier alpha value is -1.97. The normalized spacial score (nSPS) is 33.6. The fraction of sp³-hybridized carbons (Fsp3) is 0.591. The van der Waals surface area contributed by atoms with E-state index in [4.69, 9.17) is 4.74 Å². The number of β-amino-alcohol motifs (C(OH)–C–C–N with tert-alkyl or cyclic N) is 1. The Morgan fingerprint density at radius 1 is 1.29 bits per heavy atom. The van der Waals surface area contributed by atoms with Crippen LogP contribution in [0.5, 0.6) is 0 Å². The number of aliphatic hydroxyl groups excluding tert-OH is 1. The van der Waals surface area contributed by atoms with Gasteiger partial charge in [-0.3, -0.25) is 14.4 Å². The van der Waals surface area contributed by atoms with Crippen molar-refractivity contribution in [2.75, 3.05) is 13.2 Å². The van der Waals surface area contributed by atoms with Crippen molar-refractivity contribution in [1.29, 1.82) is 0 Å². The number of benzene rings is 1. The molecule has 0 radical (unpaired) electrons. The number of likely N-dealkylation sites (tertiary alicyclic amines) is 1. The number of carbonyl (C=O) groups excluding carboxylic acids is 3. The summed E-state index contributed by atoms with van der Waals surface area (Å²) in [5.41, 5.74) is -0.127. The standard InChI is InChI=1S/C22H28BrN3O5/c1-12(2)25-20(29)18-22-10-14(23)17(31-22)15(16(22)21(30)26(18)8-9-27)19(28)24-11-13-6-4-3-5-7-13/h3-7,12,14-18,27H,8-11H2,1-2H3,(H,24,28)(H,25,29)/t14?,15-,16+,17-,18?,22?/m1/s1. The minimum Gasteiger partial charge on any atom is -0.395 e. The van der Waals surface area contributed by atoms with E-state index in [9.17, 15) is 19.5 Å². The lowest BCUT2D eigenvalue weighted by Gasteiger charge is -2.34. The Labute approximate surface area is 189 Å². The van der Waals surface area contributed by atoms with E-state index < -0.39 is 29.6 Å². The average molecular weight is 494 g/mol. The first-order valence-corrected chi connectivity index (χ1v) is 11.6. The molecule has 9 heteroatoms. The largest absolute Gasteiger partial charge is 0.395 e. The van der Waals surface area contributed by atoms with Gasteiger partial charge < -0.3 is 25.4 Å². The van der Waals surface area contributed by atoms with Crippen LogP contribution in [0.25, 0.3) is 0 Å². The molecule has 3 heterocycles. The van der Waals surface area contributed by atoms with Crippen molar-refractivity contribution in [2.24, 2.45) is 11.8 Å². The number of halogens is 1. The van der Waals surface area contributed by atoms with E-state index in [1.807, 2.05) is 44.2 Å². The summed E-state index contributed by atoms with van der Waals surface area (Å²) in [4.78, 5) is 41.0. The van der Waals surface area contributed by atoms with Crippen molar-refractivity contribution in [2.45, 2.75) is 55.4 Å². The van der Waals surface area contributed by atoms with Crippen molar-refractivity contribution in [3.8, 4) is 0 Å². The number of alkyl halides is 1. The molecule has 0 saturated carbocycles. The Morgan fingerprint density at radius 3 is 2.65 bits per heavy atom. The van der Waals surface area contributed by atoms with Crippen LogP contribution < -0.4 is 10.6 Å². The topological polar surface area (TPSA) is 108 Å². The highest BCUT2D eigenvalue weighted by molar-refractivity contribution is 9.09. The van der Waals surface area contributed by atoms with Crippen LogP contribution in [0.1, 0.15) is 25.8 Å². The highest BCUT2D eigenvalue weighted by atomic mass is 79.9. The summed E-state index contributed by atoms with van der Waals surface area (Å²) in [6.07, 6.45) is -0.0374. The van der Waals surface area contributed by atoms with Gasteiger partial charge in [0.25, 0.3) is 0 Å². The van der Waals surface area contributed by atoms with E-state index in [1.54, 1.807) is 0 Å². The number of nitrogens with one attached hydrogen (secondary N) is 2. The summed E-state index contributed by atoms with van der Waals surface area (Å²) in [6.45, 7) is 3.79. The number of hydrogen-bond donors (Lipinski definition) is 3. The Balaban J connectivity index is 1.63. The van der Waals surface area contributed by atoms with Crippen molar-refractivity contribution < 1.29 is 24.2 Å². The van der Waals surface area contributed by atoms with Gasteiger partial charge in [-0.1, -0.05) is 46.3 Å². The summed E-state index contributed by atoms with van der Waals surface area (Å²) >= 11 is 3.62. The molecule has 3 aliphatic heterocycles. The first-order chi connectivity index (χ1) is 14.8. The number of ether oxygens (including phenoxy) is 1. The van der Waals surface area contributed by atoms with Crippen LogP contribution >= 0.6 is 15.9 Å². The Morgan fingerprint density at radius 2 is 2.00 bits per heavy atom. The molecule has 31 heavy (non-hydrogen) atoms. The molecule has 4 rings (SSSR count). The molecule has 3 fully saturated rings. The van der Waals surface area contributed by atoms with Gasteiger partial charge in [0.05, 0.1) is 24.5 Å². The summed E-state index contributed by atoms with van der Waals surface area (Å²) in [7, 11) is 0. The number of nitrogens with zero attached hydrogens (tertiary/aromatic N) is 1. The van der Waals surface area contributed by atoms with E-state index in [0.717, 1.165) is 5.56 Å². The monoisotopic (exact) mass is 493 g/mol. The number of aliphatic hydroxyl groups is 1. The minimum atomic E-state index is -1.08. The summed E-state index contributed by atoms with van der Waals surface area (Å²) in [5, 5.41) is 15.4. The van der Waals surface area contributed by atoms with Gasteiger partial charge in [-0.15, -0.1) is 0 Å². The number of hydrogen-bond acceptors (Lipinski definition) is 5. The fourth-order valence-corrected chi connectivity index (χ4v) is 6.29. The van der Waals surface area contributed by atoms with Crippen LogP contribution in [0, 0.1) is 11.8 Å². The van der Waals surface area contributed by atoms with Crippen LogP contribution in [0.3, 0.4) is 0 Å². The molecule has 168 valence electrons. The molecule has 6 atom stereocenters. The van der Waals surface area contributed by atoms with Gasteiger partial charge >= 0.3 is 0 Å².